The van der Waals surface area contributed by atoms with Crippen molar-refractivity contribution in [3.63, 3.8) is 0 Å². The third-order valence-corrected chi connectivity index (χ3v) is 18.0. The monoisotopic (exact) mass is 721 g/mol. The molecule has 5 fully saturated rings. The van der Waals surface area contributed by atoms with Crippen molar-refractivity contribution in [1.29, 1.82) is 0 Å². The second-order valence-electron chi connectivity index (χ2n) is 20.1. The van der Waals surface area contributed by atoms with Crippen molar-refractivity contribution in [2.75, 3.05) is 0 Å². The molecule has 4 aromatic heterocycles. The maximum absolute atomic E-state index is 5.64. The number of hydrogen-bond acceptors (Lipinski definition) is 2. The van der Waals surface area contributed by atoms with Gasteiger partial charge in [0.15, 0.2) is 0 Å². The normalized spacial score (nSPS) is 32.0. The highest BCUT2D eigenvalue weighted by Crippen LogP contribution is 2.76. The minimum atomic E-state index is 0.583. The first-order chi connectivity index (χ1) is 27.7. The van der Waals surface area contributed by atoms with E-state index < -0.39 is 0 Å². The number of fused-ring (bicyclic) bond motifs is 21. The summed E-state index contributed by atoms with van der Waals surface area (Å²) in [4.78, 5) is 11.2. The van der Waals surface area contributed by atoms with E-state index in [1.54, 1.807) is 11.1 Å². The van der Waals surface area contributed by atoms with Crippen LogP contribution >= 0.6 is 0 Å². The lowest BCUT2D eigenvalue weighted by atomic mass is 9.56. The van der Waals surface area contributed by atoms with Gasteiger partial charge in [0.05, 0.1) is 28.9 Å². The van der Waals surface area contributed by atoms with Crippen LogP contribution in [0.4, 0.5) is 0 Å². The highest BCUT2D eigenvalue weighted by Gasteiger charge is 2.66. The molecule has 56 heavy (non-hydrogen) atoms. The topological polar surface area (TPSA) is 30.2 Å². The Labute approximate surface area is 326 Å². The van der Waals surface area contributed by atoms with Crippen LogP contribution in [0.3, 0.4) is 0 Å². The molecular formula is C53H43N3. The van der Waals surface area contributed by atoms with Gasteiger partial charge in [-0.1, -0.05) is 72.8 Å². The summed E-state index contributed by atoms with van der Waals surface area (Å²) < 4.78 is 2.70. The summed E-state index contributed by atoms with van der Waals surface area (Å²) in [7, 11) is 0. The predicted octanol–water partition coefficient (Wildman–Crippen LogP) is 13.4. The van der Waals surface area contributed by atoms with Gasteiger partial charge in [-0.2, -0.15) is 0 Å². The molecule has 17 rings (SSSR count). The van der Waals surface area contributed by atoms with Crippen molar-refractivity contribution >= 4 is 38.1 Å². The van der Waals surface area contributed by atoms with Crippen LogP contribution in [-0.2, 0) is 0 Å². The Bertz CT molecular complexity index is 3120. The molecule has 9 aliphatic carbocycles. The Morgan fingerprint density at radius 3 is 1.71 bits per heavy atom. The maximum Gasteiger partial charge on any atom is 0.0728 e. The van der Waals surface area contributed by atoms with E-state index in [1.165, 1.54) is 158 Å². The molecule has 0 N–H and O–H groups in total. The van der Waals surface area contributed by atoms with E-state index in [2.05, 4.69) is 95.7 Å². The number of pyridine rings is 2. The van der Waals surface area contributed by atoms with Gasteiger partial charge in [-0.05, 0) is 161 Å². The molecule has 4 aromatic carbocycles. The predicted molar refractivity (Wildman–Crippen MR) is 226 cm³/mol. The Kier molecular flexibility index (Phi) is 4.99. The van der Waals surface area contributed by atoms with Gasteiger partial charge in [-0.3, -0.25) is 9.97 Å². The summed E-state index contributed by atoms with van der Waals surface area (Å²) in [6.45, 7) is 0. The van der Waals surface area contributed by atoms with Crippen molar-refractivity contribution in [1.82, 2.24) is 14.4 Å². The van der Waals surface area contributed by atoms with E-state index in [9.17, 15) is 0 Å². The molecule has 4 heterocycles. The van der Waals surface area contributed by atoms with Crippen molar-refractivity contribution in [3.05, 3.63) is 114 Å². The summed E-state index contributed by atoms with van der Waals surface area (Å²) in [6, 6.07) is 30.6. The van der Waals surface area contributed by atoms with Crippen LogP contribution in [0.25, 0.3) is 82.6 Å². The zero-order valence-corrected chi connectivity index (χ0v) is 31.7. The van der Waals surface area contributed by atoms with Crippen molar-refractivity contribution in [3.8, 4) is 44.5 Å². The fourth-order valence-corrected chi connectivity index (χ4v) is 16.4. The number of nitrogens with zero attached hydrogens (tertiary/aromatic N) is 3. The van der Waals surface area contributed by atoms with Crippen LogP contribution in [0, 0.1) is 29.1 Å². The molecular weight excluding hydrogens is 679 g/mol. The minimum Gasteiger partial charge on any atom is -0.305 e. The molecule has 9 aliphatic rings. The maximum atomic E-state index is 5.64. The Balaban J connectivity index is 1.15. The molecule has 0 aliphatic heterocycles. The van der Waals surface area contributed by atoms with Crippen LogP contribution in [0.5, 0.6) is 0 Å². The molecule has 7 atom stereocenters. The van der Waals surface area contributed by atoms with E-state index in [1.807, 2.05) is 0 Å². The smallest absolute Gasteiger partial charge is 0.0728 e. The number of hydrogen-bond donors (Lipinski definition) is 0. The highest BCUT2D eigenvalue weighted by atomic mass is 15.0. The van der Waals surface area contributed by atoms with Gasteiger partial charge in [0.25, 0.3) is 0 Å². The van der Waals surface area contributed by atoms with Crippen LogP contribution in [0.15, 0.2) is 91.3 Å². The van der Waals surface area contributed by atoms with Gasteiger partial charge in [0, 0.05) is 50.3 Å². The average Bonchev–Trinajstić information content (AvgIpc) is 3.87. The third-order valence-electron chi connectivity index (χ3n) is 18.0. The van der Waals surface area contributed by atoms with Gasteiger partial charge < -0.3 is 4.40 Å². The molecule has 7 bridgehead atoms. The van der Waals surface area contributed by atoms with Crippen LogP contribution < -0.4 is 0 Å². The highest BCUT2D eigenvalue weighted by molar-refractivity contribution is 6.31. The van der Waals surface area contributed by atoms with Gasteiger partial charge in [-0.15, -0.1) is 0 Å². The number of benzene rings is 4. The largest absolute Gasteiger partial charge is 0.305 e. The number of aromatic nitrogens is 3. The second kappa shape index (κ2) is 9.56. The van der Waals surface area contributed by atoms with Gasteiger partial charge >= 0.3 is 0 Å². The Morgan fingerprint density at radius 1 is 0.482 bits per heavy atom. The lowest BCUT2D eigenvalue weighted by Crippen LogP contribution is -2.41. The molecule has 0 amide bonds. The third kappa shape index (κ3) is 3.19. The summed E-state index contributed by atoms with van der Waals surface area (Å²) in [5, 5.41) is 5.99. The number of rotatable bonds is 0. The molecule has 5 saturated carbocycles. The SMILES string of the molecule is c1ccc2c(c1)-c1ccccc1-c1cc3c4c5c(ncc4n4c6cnc7c(c6c(c1-c1ccccc1-2)c34)C1CC2CC3CC7CC32C1)C1CC2CC(C1)CC5C2. The van der Waals surface area contributed by atoms with Gasteiger partial charge in [0.2, 0.25) is 0 Å². The van der Waals surface area contributed by atoms with Crippen LogP contribution in [-0.4, -0.2) is 14.4 Å². The van der Waals surface area contributed by atoms with Crippen molar-refractivity contribution in [2.24, 2.45) is 29.1 Å². The van der Waals surface area contributed by atoms with E-state index in [0.29, 0.717) is 29.1 Å². The Hall–Kier alpha value is -5.02. The van der Waals surface area contributed by atoms with Gasteiger partial charge in [0.1, 0.15) is 0 Å². The average molecular weight is 722 g/mol. The van der Waals surface area contributed by atoms with E-state index >= 15 is 0 Å². The van der Waals surface area contributed by atoms with Gasteiger partial charge in [-0.25, -0.2) is 0 Å². The molecule has 0 radical (unpaired) electrons. The molecule has 0 saturated heterocycles. The molecule has 7 unspecified atom stereocenters. The zero-order valence-electron chi connectivity index (χ0n) is 31.7. The minimum absolute atomic E-state index is 0.583. The molecule has 270 valence electrons. The summed E-state index contributed by atoms with van der Waals surface area (Å²) in [5.41, 5.74) is 21.7. The summed E-state index contributed by atoms with van der Waals surface area (Å²) in [5.74, 6) is 6.00. The first-order valence-corrected chi connectivity index (χ1v) is 22.1. The van der Waals surface area contributed by atoms with Crippen LogP contribution in [0.1, 0.15) is 110 Å². The van der Waals surface area contributed by atoms with Crippen molar-refractivity contribution < 1.29 is 0 Å². The lowest BCUT2D eigenvalue weighted by Gasteiger charge is -2.48. The van der Waals surface area contributed by atoms with Crippen molar-refractivity contribution in [2.45, 2.75) is 87.9 Å². The Morgan fingerprint density at radius 2 is 1.02 bits per heavy atom. The van der Waals surface area contributed by atoms with Crippen LogP contribution in [0.2, 0.25) is 0 Å². The van der Waals surface area contributed by atoms with E-state index in [-0.39, 0.29) is 0 Å². The molecule has 3 nitrogen and oxygen atoms in total. The summed E-state index contributed by atoms with van der Waals surface area (Å²) >= 11 is 0. The zero-order chi connectivity index (χ0) is 35.8. The molecule has 1 spiro atoms. The molecule has 3 heteroatoms. The summed E-state index contributed by atoms with van der Waals surface area (Å²) in [6.07, 6.45) is 18.4. The standard InChI is InChI=1S/C53H43N3/c1-2-8-35-34(7-1)36-9-3-4-11-38(36)40-21-41-47-42(24-54-50-29-16-26-13-27(17-29)15-28(14-26)44(47)50)56-43-25-55-51-31-19-33-20-32-18-30(22-53(32,33)23-31)45(51)48(43)49(52(41)56)46(40)39-12-6-5-10-37(35)39/h1-12,21,24-33H,13-20,22-23H2. The second-order valence-corrected chi connectivity index (χ2v) is 20.1. The fourth-order valence-electron chi connectivity index (χ4n) is 16.4. The first kappa shape index (κ1) is 29.3. The quantitative estimate of drug-likeness (QED) is 0.156. The van der Waals surface area contributed by atoms with E-state index in [4.69, 9.17) is 9.97 Å². The first-order valence-electron chi connectivity index (χ1n) is 22.1. The molecule has 8 aromatic rings. The lowest BCUT2D eigenvalue weighted by molar-refractivity contribution is 0.00321. The fraction of sp³-hybridized carbons (Fsp3) is 0.358. The van der Waals surface area contributed by atoms with E-state index in [0.717, 1.165) is 23.7 Å².